The maximum atomic E-state index is 12.0. The van der Waals surface area contributed by atoms with Gasteiger partial charge in [0.15, 0.2) is 0 Å². The summed E-state index contributed by atoms with van der Waals surface area (Å²) in [5, 5.41) is 13.2. The molecule has 0 saturated heterocycles. The lowest BCUT2D eigenvalue weighted by Crippen LogP contribution is -2.22. The van der Waals surface area contributed by atoms with Crippen molar-refractivity contribution >= 4 is 10.0 Å². The van der Waals surface area contributed by atoms with Gasteiger partial charge in [0, 0.05) is 17.2 Å². The van der Waals surface area contributed by atoms with Gasteiger partial charge in [-0.2, -0.15) is 9.19 Å². The van der Waals surface area contributed by atoms with Crippen LogP contribution in [0.4, 0.5) is 0 Å². The number of aromatic nitrogens is 2. The number of aromatic hydroxyl groups is 1. The average Bonchev–Trinajstić information content (AvgIpc) is 2.88. The third-order valence-corrected chi connectivity index (χ3v) is 4.85. The molecule has 0 saturated carbocycles. The Balaban J connectivity index is 2.44. The van der Waals surface area contributed by atoms with Crippen LogP contribution in [-0.4, -0.2) is 35.1 Å². The molecule has 0 unspecified atom stereocenters. The van der Waals surface area contributed by atoms with E-state index >= 15 is 0 Å². The number of benzene rings is 1. The van der Waals surface area contributed by atoms with Crippen molar-refractivity contribution in [3.63, 3.8) is 0 Å². The Bertz CT molecular complexity index is 720. The Morgan fingerprint density at radius 1 is 1.35 bits per heavy atom. The van der Waals surface area contributed by atoms with Crippen LogP contribution in [0.25, 0.3) is 11.1 Å². The van der Waals surface area contributed by atoms with E-state index in [0.29, 0.717) is 16.9 Å². The van der Waals surface area contributed by atoms with Gasteiger partial charge in [-0.3, -0.25) is 0 Å². The zero-order chi connectivity index (χ0) is 14.9. The van der Waals surface area contributed by atoms with Crippen LogP contribution in [0, 0.1) is 0 Å². The lowest BCUT2D eigenvalue weighted by molar-refractivity contribution is 0.408. The monoisotopic (exact) mass is 296 g/mol. The van der Waals surface area contributed by atoms with Gasteiger partial charge in [0.1, 0.15) is 11.5 Å². The van der Waals surface area contributed by atoms with Gasteiger partial charge in [-0.05, 0) is 26.0 Å². The molecule has 20 heavy (non-hydrogen) atoms. The van der Waals surface area contributed by atoms with Crippen molar-refractivity contribution in [1.29, 1.82) is 0 Å². The van der Waals surface area contributed by atoms with Crippen molar-refractivity contribution < 1.29 is 18.3 Å². The van der Waals surface area contributed by atoms with E-state index in [1.54, 1.807) is 26.0 Å². The Kier molecular flexibility index (Phi) is 3.71. The summed E-state index contributed by atoms with van der Waals surface area (Å²) < 4.78 is 29.9. The molecule has 1 N–H and O–H groups in total. The molecule has 0 aliphatic carbocycles. The van der Waals surface area contributed by atoms with Crippen LogP contribution in [0.2, 0.25) is 0 Å². The van der Waals surface area contributed by atoms with Gasteiger partial charge in [0.2, 0.25) is 0 Å². The van der Waals surface area contributed by atoms with Crippen LogP contribution >= 0.6 is 0 Å². The molecule has 2 rings (SSSR count). The molecule has 1 aromatic heterocycles. The summed E-state index contributed by atoms with van der Waals surface area (Å²) in [6.45, 7) is 3.17. The first-order valence-corrected chi connectivity index (χ1v) is 7.53. The van der Waals surface area contributed by atoms with E-state index in [0.717, 1.165) is 4.09 Å². The first-order chi connectivity index (χ1) is 9.36. The van der Waals surface area contributed by atoms with E-state index in [-0.39, 0.29) is 5.75 Å². The van der Waals surface area contributed by atoms with Gasteiger partial charge < -0.3 is 9.84 Å². The molecular weight excluding hydrogens is 280 g/mol. The number of hydrogen-bond acceptors (Lipinski definition) is 5. The molecule has 0 bridgehead atoms. The zero-order valence-corrected chi connectivity index (χ0v) is 12.3. The van der Waals surface area contributed by atoms with Crippen molar-refractivity contribution in [1.82, 2.24) is 9.19 Å². The van der Waals surface area contributed by atoms with Gasteiger partial charge >= 0.3 is 0 Å². The molecule has 0 spiro atoms. The molecule has 0 radical (unpaired) electrons. The molecule has 1 aromatic carbocycles. The second kappa shape index (κ2) is 5.16. The molecule has 6 nitrogen and oxygen atoms in total. The molecule has 0 atom stereocenters. The molecule has 0 aliphatic rings. The number of ether oxygens (including phenoxy) is 1. The molecule has 0 aliphatic heterocycles. The summed E-state index contributed by atoms with van der Waals surface area (Å²) in [5.74, 6) is 0.527. The topological polar surface area (TPSA) is 81.4 Å². The molecular formula is C13H16N2O4S. The first kappa shape index (κ1) is 14.4. The maximum absolute atomic E-state index is 12.0. The Morgan fingerprint density at radius 2 is 2.05 bits per heavy atom. The van der Waals surface area contributed by atoms with Gasteiger partial charge in [-0.15, -0.1) is 0 Å². The highest BCUT2D eigenvalue weighted by Gasteiger charge is 2.20. The maximum Gasteiger partial charge on any atom is 0.256 e. The van der Waals surface area contributed by atoms with E-state index in [9.17, 15) is 13.5 Å². The van der Waals surface area contributed by atoms with Crippen LogP contribution in [0.15, 0.2) is 30.6 Å². The van der Waals surface area contributed by atoms with Gasteiger partial charge in [0.05, 0.1) is 24.8 Å². The summed E-state index contributed by atoms with van der Waals surface area (Å²) in [4.78, 5) is 0. The van der Waals surface area contributed by atoms with Crippen LogP contribution in [0.1, 0.15) is 13.8 Å². The highest BCUT2D eigenvalue weighted by atomic mass is 32.2. The van der Waals surface area contributed by atoms with Crippen molar-refractivity contribution in [2.45, 2.75) is 19.1 Å². The molecule has 108 valence electrons. The quantitative estimate of drug-likeness (QED) is 0.931. The van der Waals surface area contributed by atoms with Crippen LogP contribution in [0.3, 0.4) is 0 Å². The van der Waals surface area contributed by atoms with E-state index < -0.39 is 15.3 Å². The second-order valence-electron chi connectivity index (χ2n) is 4.58. The molecule has 1 heterocycles. The van der Waals surface area contributed by atoms with Crippen molar-refractivity contribution in [3.8, 4) is 22.6 Å². The normalized spacial score (nSPS) is 11.8. The molecule has 2 aromatic rings. The summed E-state index contributed by atoms with van der Waals surface area (Å²) >= 11 is 0. The molecule has 0 fully saturated rings. The minimum Gasteiger partial charge on any atom is -0.507 e. The molecule has 7 heteroatoms. The van der Waals surface area contributed by atoms with Crippen molar-refractivity contribution in [2.75, 3.05) is 7.11 Å². The van der Waals surface area contributed by atoms with Crippen molar-refractivity contribution in [3.05, 3.63) is 30.6 Å². The minimum absolute atomic E-state index is 0.00541. The van der Waals surface area contributed by atoms with Gasteiger partial charge in [-0.25, -0.2) is 8.42 Å². The third-order valence-electron chi connectivity index (χ3n) is 2.93. The largest absolute Gasteiger partial charge is 0.507 e. The fourth-order valence-corrected chi connectivity index (χ4v) is 2.55. The minimum atomic E-state index is -3.49. The number of phenolic OH excluding ortho intramolecular Hbond substituents is 1. The summed E-state index contributed by atoms with van der Waals surface area (Å²) in [6, 6.07) is 4.80. The van der Waals surface area contributed by atoms with E-state index in [4.69, 9.17) is 4.74 Å². The third kappa shape index (κ3) is 2.49. The van der Waals surface area contributed by atoms with Crippen LogP contribution in [-0.2, 0) is 10.0 Å². The predicted octanol–water partition coefficient (Wildman–Crippen LogP) is 1.85. The number of rotatable bonds is 4. The second-order valence-corrected chi connectivity index (χ2v) is 6.93. The standard InChI is InChI=1S/C13H16N2O4S/c1-9(2)20(17,18)15-8-10(7-14-15)12-5-4-11(19-3)6-13(12)16/h4-9,16H,1-3H3. The number of methoxy groups -OCH3 is 1. The van der Waals surface area contributed by atoms with Crippen molar-refractivity contribution in [2.24, 2.45) is 0 Å². The molecule has 0 amide bonds. The summed E-state index contributed by atoms with van der Waals surface area (Å²) in [6.07, 6.45) is 2.79. The zero-order valence-electron chi connectivity index (χ0n) is 11.4. The van der Waals surface area contributed by atoms with Crippen LogP contribution < -0.4 is 4.74 Å². The van der Waals surface area contributed by atoms with Crippen LogP contribution in [0.5, 0.6) is 11.5 Å². The lowest BCUT2D eigenvalue weighted by Gasteiger charge is -2.07. The fourth-order valence-electron chi connectivity index (χ4n) is 1.68. The number of nitrogens with zero attached hydrogens (tertiary/aromatic N) is 2. The van der Waals surface area contributed by atoms with Gasteiger partial charge in [-0.1, -0.05) is 0 Å². The average molecular weight is 296 g/mol. The summed E-state index contributed by atoms with van der Waals surface area (Å²) in [7, 11) is -1.99. The Hall–Kier alpha value is -2.02. The lowest BCUT2D eigenvalue weighted by atomic mass is 10.1. The predicted molar refractivity (Wildman–Crippen MR) is 75.3 cm³/mol. The van der Waals surface area contributed by atoms with E-state index in [1.807, 2.05) is 0 Å². The number of hydrogen-bond donors (Lipinski definition) is 1. The fraction of sp³-hybridized carbons (Fsp3) is 0.308. The SMILES string of the molecule is COc1ccc(-c2cnn(S(=O)(=O)C(C)C)c2)c(O)c1. The summed E-state index contributed by atoms with van der Waals surface area (Å²) in [5.41, 5.74) is 1.02. The Labute approximate surface area is 117 Å². The van der Waals surface area contributed by atoms with E-state index in [2.05, 4.69) is 5.10 Å². The highest BCUT2D eigenvalue weighted by molar-refractivity contribution is 7.90. The smallest absolute Gasteiger partial charge is 0.256 e. The Morgan fingerprint density at radius 3 is 2.60 bits per heavy atom. The number of phenols is 1. The van der Waals surface area contributed by atoms with Gasteiger partial charge in [0.25, 0.3) is 10.0 Å². The first-order valence-electron chi connectivity index (χ1n) is 6.02. The highest BCUT2D eigenvalue weighted by Crippen LogP contribution is 2.32. The van der Waals surface area contributed by atoms with E-state index in [1.165, 1.54) is 25.6 Å².